The number of likely N-dealkylation sites (N-methyl/N-ethyl adjacent to an activating group) is 1. The van der Waals surface area contributed by atoms with Gasteiger partial charge in [0.15, 0.2) is 5.96 Å². The van der Waals surface area contributed by atoms with Crippen LogP contribution in [0.5, 0.6) is 0 Å². The summed E-state index contributed by atoms with van der Waals surface area (Å²) >= 11 is 0. The Hall–Kier alpha value is -0.810. The highest BCUT2D eigenvalue weighted by Gasteiger charge is 2.33. The van der Waals surface area contributed by atoms with Gasteiger partial charge in [-0.2, -0.15) is 0 Å². The smallest absolute Gasteiger partial charge is 0.191 e. The summed E-state index contributed by atoms with van der Waals surface area (Å²) < 4.78 is 0. The lowest BCUT2D eigenvalue weighted by Crippen LogP contribution is -2.52. The number of aliphatic imine (C=N–C) groups is 1. The van der Waals surface area contributed by atoms with Crippen LogP contribution < -0.4 is 10.6 Å². The van der Waals surface area contributed by atoms with Crippen molar-refractivity contribution >= 4 is 5.96 Å². The van der Waals surface area contributed by atoms with Crippen LogP contribution in [0, 0.1) is 11.8 Å². The molecule has 128 valence electrons. The predicted molar refractivity (Wildman–Crippen MR) is 94.4 cm³/mol. The Labute approximate surface area is 136 Å². The zero-order chi connectivity index (χ0) is 16.1. The van der Waals surface area contributed by atoms with Gasteiger partial charge in [-0.25, -0.2) is 0 Å². The first kappa shape index (κ1) is 17.5. The van der Waals surface area contributed by atoms with E-state index in [1.807, 2.05) is 0 Å². The lowest BCUT2D eigenvalue weighted by Gasteiger charge is -2.39. The molecule has 0 radical (unpaired) electrons. The van der Waals surface area contributed by atoms with E-state index in [9.17, 15) is 0 Å². The molecular formula is C17H35N5. The molecule has 1 saturated heterocycles. The number of piperazine rings is 1. The largest absolute Gasteiger partial charge is 0.357 e. The topological polar surface area (TPSA) is 42.9 Å². The Morgan fingerprint density at radius 2 is 1.86 bits per heavy atom. The Morgan fingerprint density at radius 1 is 1.23 bits per heavy atom. The molecule has 5 heteroatoms. The van der Waals surface area contributed by atoms with Crippen LogP contribution in [0.3, 0.4) is 0 Å². The molecule has 2 fully saturated rings. The van der Waals surface area contributed by atoms with E-state index in [-0.39, 0.29) is 0 Å². The Bertz CT molecular complexity index is 360. The van der Waals surface area contributed by atoms with Crippen molar-refractivity contribution in [3.05, 3.63) is 0 Å². The van der Waals surface area contributed by atoms with Gasteiger partial charge in [-0.05, 0) is 32.2 Å². The van der Waals surface area contributed by atoms with Crippen molar-refractivity contribution in [2.45, 2.75) is 46.2 Å². The minimum Gasteiger partial charge on any atom is -0.357 e. The second kappa shape index (κ2) is 8.16. The van der Waals surface area contributed by atoms with Crippen molar-refractivity contribution in [3.8, 4) is 0 Å². The number of nitrogens with zero attached hydrogens (tertiary/aromatic N) is 3. The third kappa shape index (κ3) is 5.13. The molecule has 22 heavy (non-hydrogen) atoms. The monoisotopic (exact) mass is 309 g/mol. The van der Waals surface area contributed by atoms with E-state index >= 15 is 0 Å². The van der Waals surface area contributed by atoms with Gasteiger partial charge < -0.3 is 15.5 Å². The molecule has 1 saturated carbocycles. The molecule has 2 rings (SSSR count). The van der Waals surface area contributed by atoms with Crippen molar-refractivity contribution in [2.24, 2.45) is 16.8 Å². The molecule has 0 amide bonds. The van der Waals surface area contributed by atoms with E-state index < -0.39 is 0 Å². The van der Waals surface area contributed by atoms with Crippen molar-refractivity contribution < 1.29 is 0 Å². The SMILES string of the molecule is CCNC(=NCC(C(C)C)N1CCN(C)CC1)NC1CC1C. The molecule has 0 aromatic carbocycles. The maximum absolute atomic E-state index is 4.88. The highest BCUT2D eigenvalue weighted by molar-refractivity contribution is 5.80. The van der Waals surface area contributed by atoms with Gasteiger partial charge in [0, 0.05) is 44.8 Å². The maximum atomic E-state index is 4.88. The molecule has 2 aliphatic rings. The summed E-state index contributed by atoms with van der Waals surface area (Å²) in [6.45, 7) is 15.6. The van der Waals surface area contributed by atoms with Crippen molar-refractivity contribution in [3.63, 3.8) is 0 Å². The van der Waals surface area contributed by atoms with Crippen LogP contribution in [0.25, 0.3) is 0 Å². The van der Waals surface area contributed by atoms with Crippen molar-refractivity contribution in [1.29, 1.82) is 0 Å². The first-order valence-corrected chi connectivity index (χ1v) is 8.98. The minimum atomic E-state index is 0.542. The van der Waals surface area contributed by atoms with Gasteiger partial charge in [0.25, 0.3) is 0 Å². The summed E-state index contributed by atoms with van der Waals surface area (Å²) in [5.41, 5.74) is 0. The van der Waals surface area contributed by atoms with Gasteiger partial charge in [0.2, 0.25) is 0 Å². The minimum absolute atomic E-state index is 0.542. The number of hydrogen-bond acceptors (Lipinski definition) is 3. The molecule has 1 aliphatic heterocycles. The first-order chi connectivity index (χ1) is 10.5. The van der Waals surface area contributed by atoms with Crippen molar-refractivity contribution in [1.82, 2.24) is 20.4 Å². The zero-order valence-electron chi connectivity index (χ0n) is 15.1. The number of hydrogen-bond donors (Lipinski definition) is 2. The highest BCUT2D eigenvalue weighted by atomic mass is 15.3. The summed E-state index contributed by atoms with van der Waals surface area (Å²) in [5.74, 6) is 2.42. The molecule has 0 bridgehead atoms. The quantitative estimate of drug-likeness (QED) is 0.572. The standard InChI is InChI=1S/C17H35N5/c1-6-18-17(20-15-11-14(15)4)19-12-16(13(2)3)22-9-7-21(5)8-10-22/h13-16H,6-12H2,1-5H3,(H2,18,19,20). The zero-order valence-corrected chi connectivity index (χ0v) is 15.1. The van der Waals surface area contributed by atoms with E-state index in [0.29, 0.717) is 18.0 Å². The van der Waals surface area contributed by atoms with Crippen LogP contribution in [-0.2, 0) is 0 Å². The number of rotatable bonds is 6. The van der Waals surface area contributed by atoms with Gasteiger partial charge in [-0.3, -0.25) is 9.89 Å². The van der Waals surface area contributed by atoms with E-state index in [4.69, 9.17) is 4.99 Å². The lowest BCUT2D eigenvalue weighted by atomic mass is 10.0. The Morgan fingerprint density at radius 3 is 2.36 bits per heavy atom. The third-order valence-corrected chi connectivity index (χ3v) is 4.99. The highest BCUT2D eigenvalue weighted by Crippen LogP contribution is 2.28. The molecular weight excluding hydrogens is 274 g/mol. The molecule has 1 aliphatic carbocycles. The van der Waals surface area contributed by atoms with Gasteiger partial charge in [-0.15, -0.1) is 0 Å². The first-order valence-electron chi connectivity index (χ1n) is 8.98. The normalized spacial score (nSPS) is 28.7. The Kier molecular flexibility index (Phi) is 6.50. The van der Waals surface area contributed by atoms with E-state index in [1.54, 1.807) is 0 Å². The number of nitrogens with one attached hydrogen (secondary N) is 2. The van der Waals surface area contributed by atoms with Gasteiger partial charge in [0.1, 0.15) is 0 Å². The summed E-state index contributed by atoms with van der Waals surface area (Å²) in [6, 6.07) is 1.17. The van der Waals surface area contributed by atoms with E-state index in [1.165, 1.54) is 32.6 Å². The predicted octanol–water partition coefficient (Wildman–Crippen LogP) is 1.22. The van der Waals surface area contributed by atoms with Crippen LogP contribution in [-0.4, -0.2) is 74.2 Å². The Balaban J connectivity index is 1.91. The summed E-state index contributed by atoms with van der Waals surface area (Å²) in [4.78, 5) is 9.92. The lowest BCUT2D eigenvalue weighted by molar-refractivity contribution is 0.0925. The van der Waals surface area contributed by atoms with E-state index in [0.717, 1.165) is 25.0 Å². The molecule has 0 aromatic heterocycles. The second-order valence-corrected chi connectivity index (χ2v) is 7.33. The fourth-order valence-corrected chi connectivity index (χ4v) is 3.11. The molecule has 5 nitrogen and oxygen atoms in total. The fourth-order valence-electron chi connectivity index (χ4n) is 3.11. The molecule has 0 aromatic rings. The van der Waals surface area contributed by atoms with Crippen LogP contribution in [0.15, 0.2) is 4.99 Å². The molecule has 3 atom stereocenters. The molecule has 2 N–H and O–H groups in total. The summed E-state index contributed by atoms with van der Waals surface area (Å²) in [7, 11) is 2.21. The van der Waals surface area contributed by atoms with Gasteiger partial charge in [0.05, 0.1) is 6.54 Å². The average Bonchev–Trinajstić information content (AvgIpc) is 3.16. The summed E-state index contributed by atoms with van der Waals surface area (Å²) in [6.07, 6.45) is 1.27. The maximum Gasteiger partial charge on any atom is 0.191 e. The van der Waals surface area contributed by atoms with Crippen LogP contribution >= 0.6 is 0 Å². The molecule has 1 heterocycles. The van der Waals surface area contributed by atoms with Crippen LogP contribution in [0.2, 0.25) is 0 Å². The van der Waals surface area contributed by atoms with Crippen molar-refractivity contribution in [2.75, 3.05) is 46.3 Å². The third-order valence-electron chi connectivity index (χ3n) is 4.99. The number of guanidine groups is 1. The second-order valence-electron chi connectivity index (χ2n) is 7.33. The molecule has 0 spiro atoms. The van der Waals surface area contributed by atoms with E-state index in [2.05, 4.69) is 55.2 Å². The fraction of sp³-hybridized carbons (Fsp3) is 0.941. The van der Waals surface area contributed by atoms with Crippen LogP contribution in [0.4, 0.5) is 0 Å². The summed E-state index contributed by atoms with van der Waals surface area (Å²) in [5, 5.41) is 6.95. The van der Waals surface area contributed by atoms with Gasteiger partial charge in [-0.1, -0.05) is 20.8 Å². The van der Waals surface area contributed by atoms with Gasteiger partial charge >= 0.3 is 0 Å². The average molecular weight is 310 g/mol. The molecule has 3 unspecified atom stereocenters. The van der Waals surface area contributed by atoms with Crippen LogP contribution in [0.1, 0.15) is 34.1 Å².